The first kappa shape index (κ1) is 21.0. The third kappa shape index (κ3) is 4.45. The quantitative estimate of drug-likeness (QED) is 0.552. The molecule has 2 unspecified atom stereocenters. The van der Waals surface area contributed by atoms with Crippen molar-refractivity contribution in [2.45, 2.75) is 25.6 Å². The number of carbonyl (C=O) groups is 1. The predicted octanol–water partition coefficient (Wildman–Crippen LogP) is 3.67. The topological polar surface area (TPSA) is 71.4 Å². The van der Waals surface area contributed by atoms with Gasteiger partial charge in [-0.3, -0.25) is 9.78 Å². The van der Waals surface area contributed by atoms with E-state index in [9.17, 15) is 4.79 Å². The van der Waals surface area contributed by atoms with Gasteiger partial charge < -0.3 is 24.8 Å². The molecule has 1 aromatic carbocycles. The smallest absolute Gasteiger partial charge is 0.221 e. The largest absolute Gasteiger partial charge is 0.383 e. The molecule has 8 heteroatoms. The molecule has 31 heavy (non-hydrogen) atoms. The summed E-state index contributed by atoms with van der Waals surface area (Å²) in [6.07, 6.45) is 3.86. The maximum absolute atomic E-state index is 11.4. The van der Waals surface area contributed by atoms with E-state index in [1.807, 2.05) is 48.5 Å². The van der Waals surface area contributed by atoms with Crippen molar-refractivity contribution in [1.82, 2.24) is 14.9 Å². The van der Waals surface area contributed by atoms with Crippen LogP contribution in [0.15, 0.2) is 67.0 Å². The standard InChI is InChI=1S/C23H25N5O2S/c1-16(29)25-17-8-10-18(11-9-17)28-22(20-7-5-13-27(20)14-15-30-2)21(26-23(28)31)19-6-3-4-12-24-19/h3-13,21-22H,14-15H2,1-2H3,(H,25,29)(H,26,31). The zero-order chi connectivity index (χ0) is 21.8. The number of carbonyl (C=O) groups excluding carboxylic acids is 1. The Morgan fingerprint density at radius 1 is 1.19 bits per heavy atom. The number of hydrogen-bond donors (Lipinski definition) is 2. The molecule has 1 fully saturated rings. The molecule has 1 aliphatic rings. The molecule has 160 valence electrons. The number of nitrogens with zero attached hydrogens (tertiary/aromatic N) is 3. The molecular formula is C23H25N5O2S. The lowest BCUT2D eigenvalue weighted by Crippen LogP contribution is -2.30. The molecule has 7 nitrogen and oxygen atoms in total. The maximum Gasteiger partial charge on any atom is 0.221 e. The van der Waals surface area contributed by atoms with E-state index in [0.29, 0.717) is 11.7 Å². The third-order valence-corrected chi connectivity index (χ3v) is 5.58. The van der Waals surface area contributed by atoms with Crippen LogP contribution < -0.4 is 15.5 Å². The summed E-state index contributed by atoms with van der Waals surface area (Å²) in [4.78, 5) is 18.1. The Bertz CT molecular complexity index is 1050. The minimum atomic E-state index is -0.111. The Morgan fingerprint density at radius 2 is 2.00 bits per heavy atom. The highest BCUT2D eigenvalue weighted by molar-refractivity contribution is 7.80. The summed E-state index contributed by atoms with van der Waals surface area (Å²) in [6.45, 7) is 2.85. The zero-order valence-electron chi connectivity index (χ0n) is 17.5. The zero-order valence-corrected chi connectivity index (χ0v) is 18.3. The van der Waals surface area contributed by atoms with Gasteiger partial charge in [0.1, 0.15) is 6.04 Å². The van der Waals surface area contributed by atoms with Gasteiger partial charge in [0.05, 0.1) is 18.3 Å². The summed E-state index contributed by atoms with van der Waals surface area (Å²) in [5.41, 5.74) is 3.72. The average molecular weight is 436 g/mol. The van der Waals surface area contributed by atoms with Gasteiger partial charge in [-0.2, -0.15) is 0 Å². The summed E-state index contributed by atoms with van der Waals surface area (Å²) in [6, 6.07) is 17.6. The highest BCUT2D eigenvalue weighted by Gasteiger charge is 2.41. The van der Waals surface area contributed by atoms with Crippen LogP contribution in [0.3, 0.4) is 0 Å². The van der Waals surface area contributed by atoms with E-state index in [2.05, 4.69) is 37.3 Å². The SMILES string of the molecule is COCCn1cccc1C1C(c2ccccn2)NC(=S)N1c1ccc(NC(C)=O)cc1. The van der Waals surface area contributed by atoms with Crippen molar-refractivity contribution in [3.05, 3.63) is 78.4 Å². The maximum atomic E-state index is 11.4. The Morgan fingerprint density at radius 3 is 2.68 bits per heavy atom. The number of pyridine rings is 1. The average Bonchev–Trinajstić information content (AvgIpc) is 3.36. The molecule has 4 rings (SSSR count). The van der Waals surface area contributed by atoms with Gasteiger partial charge in [0.2, 0.25) is 5.91 Å². The fraction of sp³-hybridized carbons (Fsp3) is 0.261. The third-order valence-electron chi connectivity index (χ3n) is 5.27. The molecule has 2 atom stereocenters. The van der Waals surface area contributed by atoms with Crippen molar-refractivity contribution in [2.24, 2.45) is 0 Å². The fourth-order valence-electron chi connectivity index (χ4n) is 3.93. The monoisotopic (exact) mass is 435 g/mol. The summed E-state index contributed by atoms with van der Waals surface area (Å²) in [5, 5.41) is 6.91. The number of anilines is 2. The summed E-state index contributed by atoms with van der Waals surface area (Å²) in [5.74, 6) is -0.102. The number of aromatic nitrogens is 2. The van der Waals surface area contributed by atoms with Gasteiger partial charge in [0, 0.05) is 50.0 Å². The number of rotatable bonds is 7. The van der Waals surface area contributed by atoms with Crippen molar-refractivity contribution >= 4 is 34.6 Å². The van der Waals surface area contributed by atoms with E-state index in [1.54, 1.807) is 13.3 Å². The van der Waals surface area contributed by atoms with E-state index in [1.165, 1.54) is 6.92 Å². The number of methoxy groups -OCH3 is 1. The lowest BCUT2D eigenvalue weighted by atomic mass is 10.0. The van der Waals surface area contributed by atoms with Crippen molar-refractivity contribution in [2.75, 3.05) is 23.9 Å². The van der Waals surface area contributed by atoms with Crippen molar-refractivity contribution in [3.8, 4) is 0 Å². The van der Waals surface area contributed by atoms with Gasteiger partial charge in [-0.15, -0.1) is 0 Å². The number of benzene rings is 1. The molecule has 0 aliphatic carbocycles. The number of nitrogens with one attached hydrogen (secondary N) is 2. The first-order valence-corrected chi connectivity index (χ1v) is 10.5. The van der Waals surface area contributed by atoms with Crippen LogP contribution in [0.25, 0.3) is 0 Å². The minimum absolute atomic E-state index is 0.0964. The van der Waals surface area contributed by atoms with E-state index in [0.717, 1.165) is 29.3 Å². The van der Waals surface area contributed by atoms with Crippen LogP contribution in [0.5, 0.6) is 0 Å². The first-order chi connectivity index (χ1) is 15.1. The van der Waals surface area contributed by atoms with Crippen molar-refractivity contribution in [1.29, 1.82) is 0 Å². The second kappa shape index (κ2) is 9.28. The van der Waals surface area contributed by atoms with E-state index < -0.39 is 0 Å². The van der Waals surface area contributed by atoms with Gasteiger partial charge in [-0.1, -0.05) is 6.07 Å². The molecule has 0 radical (unpaired) electrons. The normalized spacial score (nSPS) is 18.1. The predicted molar refractivity (Wildman–Crippen MR) is 125 cm³/mol. The Balaban J connectivity index is 1.75. The van der Waals surface area contributed by atoms with Crippen molar-refractivity contribution in [3.63, 3.8) is 0 Å². The molecule has 3 aromatic rings. The van der Waals surface area contributed by atoms with Crippen LogP contribution >= 0.6 is 12.2 Å². The second-order valence-electron chi connectivity index (χ2n) is 7.34. The number of hydrogen-bond acceptors (Lipinski definition) is 4. The molecule has 1 amide bonds. The van der Waals surface area contributed by atoms with E-state index >= 15 is 0 Å². The number of ether oxygens (including phenoxy) is 1. The number of thiocarbonyl (C=S) groups is 1. The van der Waals surface area contributed by atoms with Crippen LogP contribution in [0.2, 0.25) is 0 Å². The van der Waals surface area contributed by atoms with E-state index in [-0.39, 0.29) is 18.0 Å². The molecule has 0 saturated carbocycles. The Hall–Kier alpha value is -3.23. The highest BCUT2D eigenvalue weighted by atomic mass is 32.1. The summed E-state index contributed by atoms with van der Waals surface area (Å²) in [7, 11) is 1.70. The molecule has 3 heterocycles. The Kier molecular flexibility index (Phi) is 6.29. The first-order valence-electron chi connectivity index (χ1n) is 10.1. The molecule has 0 spiro atoms. The minimum Gasteiger partial charge on any atom is -0.383 e. The van der Waals surface area contributed by atoms with Gasteiger partial charge >= 0.3 is 0 Å². The van der Waals surface area contributed by atoms with Crippen molar-refractivity contribution < 1.29 is 9.53 Å². The van der Waals surface area contributed by atoms with Crippen LogP contribution in [-0.2, 0) is 16.1 Å². The fourth-order valence-corrected chi connectivity index (χ4v) is 4.28. The summed E-state index contributed by atoms with van der Waals surface area (Å²) >= 11 is 5.77. The van der Waals surface area contributed by atoms with Gasteiger partial charge in [-0.05, 0) is 60.7 Å². The molecule has 1 saturated heterocycles. The van der Waals surface area contributed by atoms with E-state index in [4.69, 9.17) is 17.0 Å². The lowest BCUT2D eigenvalue weighted by Gasteiger charge is -2.29. The Labute approximate surface area is 187 Å². The van der Waals surface area contributed by atoms with Crippen LogP contribution in [0, 0.1) is 0 Å². The van der Waals surface area contributed by atoms with Crippen LogP contribution in [-0.4, -0.2) is 34.3 Å². The molecule has 2 N–H and O–H groups in total. The molecule has 2 aromatic heterocycles. The molecule has 1 aliphatic heterocycles. The van der Waals surface area contributed by atoms with Crippen LogP contribution in [0.1, 0.15) is 30.4 Å². The van der Waals surface area contributed by atoms with Gasteiger partial charge in [0.25, 0.3) is 0 Å². The lowest BCUT2D eigenvalue weighted by molar-refractivity contribution is -0.114. The summed E-state index contributed by atoms with van der Waals surface area (Å²) < 4.78 is 7.49. The highest BCUT2D eigenvalue weighted by Crippen LogP contribution is 2.41. The van der Waals surface area contributed by atoms with Gasteiger partial charge in [0.15, 0.2) is 5.11 Å². The second-order valence-corrected chi connectivity index (χ2v) is 7.73. The number of amides is 1. The van der Waals surface area contributed by atoms with Gasteiger partial charge in [-0.25, -0.2) is 0 Å². The molecular weight excluding hydrogens is 410 g/mol. The molecule has 0 bridgehead atoms. The van der Waals surface area contributed by atoms with Crippen LogP contribution in [0.4, 0.5) is 11.4 Å².